The fourth-order valence-corrected chi connectivity index (χ4v) is 5.24. The zero-order valence-electron chi connectivity index (χ0n) is 23.8. The van der Waals surface area contributed by atoms with Crippen molar-refractivity contribution in [3.05, 3.63) is 121 Å². The van der Waals surface area contributed by atoms with Gasteiger partial charge in [0, 0.05) is 17.3 Å². The number of methoxy groups -OCH3 is 1. The number of amides is 1. The van der Waals surface area contributed by atoms with Gasteiger partial charge < -0.3 is 19.2 Å². The van der Waals surface area contributed by atoms with E-state index < -0.39 is 34.5 Å². The highest BCUT2D eigenvalue weighted by Crippen LogP contribution is 2.36. The fourth-order valence-electron chi connectivity index (χ4n) is 4.66. The number of nitrogens with one attached hydrogen (secondary N) is 1. The summed E-state index contributed by atoms with van der Waals surface area (Å²) in [6.07, 6.45) is 1.26. The molecule has 0 atom stereocenters. The molecular formula is C32H21BrFN5O7. The lowest BCUT2D eigenvalue weighted by atomic mass is 10.2. The number of hydrogen-bond acceptors (Lipinski definition) is 9. The van der Waals surface area contributed by atoms with Crippen molar-refractivity contribution in [2.24, 2.45) is 5.10 Å². The number of anilines is 1. The number of hydrogen-bond donors (Lipinski definition) is 1. The molecule has 2 heterocycles. The van der Waals surface area contributed by atoms with E-state index in [1.54, 1.807) is 48.5 Å². The lowest BCUT2D eigenvalue weighted by Gasteiger charge is -2.10. The van der Waals surface area contributed by atoms with Gasteiger partial charge >= 0.3 is 5.69 Å². The molecule has 2 aromatic heterocycles. The van der Waals surface area contributed by atoms with Gasteiger partial charge in [0.2, 0.25) is 11.6 Å². The van der Waals surface area contributed by atoms with Crippen molar-refractivity contribution < 1.29 is 28.0 Å². The van der Waals surface area contributed by atoms with Crippen molar-refractivity contribution >= 4 is 61.3 Å². The Morgan fingerprint density at radius 2 is 1.89 bits per heavy atom. The van der Waals surface area contributed by atoms with Crippen LogP contribution in [0.1, 0.15) is 5.56 Å². The molecule has 12 nitrogen and oxygen atoms in total. The molecule has 4 aromatic carbocycles. The lowest BCUT2D eigenvalue weighted by molar-refractivity contribution is -0.385. The molecule has 0 spiro atoms. The number of rotatable bonds is 9. The number of nitro benzene ring substituents is 1. The van der Waals surface area contributed by atoms with E-state index in [1.807, 2.05) is 0 Å². The van der Waals surface area contributed by atoms with E-state index >= 15 is 0 Å². The molecule has 14 heteroatoms. The molecule has 1 N–H and O–H groups in total. The van der Waals surface area contributed by atoms with Crippen LogP contribution in [-0.2, 0) is 4.79 Å². The third-order valence-corrected chi connectivity index (χ3v) is 7.35. The number of ether oxygens (including phenoxy) is 2. The second-order valence-corrected chi connectivity index (χ2v) is 10.6. The maximum absolute atomic E-state index is 13.6. The van der Waals surface area contributed by atoms with Crippen molar-refractivity contribution in [1.82, 2.24) is 9.66 Å². The minimum atomic E-state index is -0.674. The van der Waals surface area contributed by atoms with E-state index in [0.717, 1.165) is 4.68 Å². The molecule has 46 heavy (non-hydrogen) atoms. The van der Waals surface area contributed by atoms with Crippen molar-refractivity contribution in [1.29, 1.82) is 0 Å². The minimum Gasteiger partial charge on any atom is -0.496 e. The second-order valence-electron chi connectivity index (χ2n) is 9.75. The highest BCUT2D eigenvalue weighted by molar-refractivity contribution is 9.10. The summed E-state index contributed by atoms with van der Waals surface area (Å²) in [5.74, 6) is -0.368. The topological polar surface area (TPSA) is 151 Å². The lowest BCUT2D eigenvalue weighted by Crippen LogP contribution is -2.20. The fraction of sp³-hybridized carbons (Fsp3) is 0.0625. The van der Waals surface area contributed by atoms with Crippen molar-refractivity contribution in [2.75, 3.05) is 19.0 Å². The van der Waals surface area contributed by atoms with Crippen LogP contribution in [0.4, 0.5) is 15.8 Å². The van der Waals surface area contributed by atoms with Crippen molar-refractivity contribution in [3.63, 3.8) is 0 Å². The van der Waals surface area contributed by atoms with Gasteiger partial charge in [-0.1, -0.05) is 18.2 Å². The molecule has 0 fully saturated rings. The summed E-state index contributed by atoms with van der Waals surface area (Å²) in [6.45, 7) is -0.561. The van der Waals surface area contributed by atoms with E-state index in [-0.39, 0.29) is 27.4 Å². The van der Waals surface area contributed by atoms with E-state index in [0.29, 0.717) is 33.3 Å². The van der Waals surface area contributed by atoms with E-state index in [4.69, 9.17) is 13.9 Å². The SMILES string of the molecule is COc1cccc2oc(-c3nc4ccccc4c(=O)n3N=Cc3cc(Br)c(OCC(=O)Nc4ccc(F)cc4)c([N+](=O)[O-])c3)cc12. The number of aromatic nitrogens is 2. The van der Waals surface area contributed by atoms with Crippen LogP contribution in [0.15, 0.2) is 104 Å². The Morgan fingerprint density at radius 1 is 1.11 bits per heavy atom. The Labute approximate surface area is 267 Å². The normalized spacial score (nSPS) is 11.3. The Morgan fingerprint density at radius 3 is 2.65 bits per heavy atom. The summed E-state index contributed by atoms with van der Waals surface area (Å²) >= 11 is 3.28. The summed E-state index contributed by atoms with van der Waals surface area (Å²) < 4.78 is 31.3. The van der Waals surface area contributed by atoms with Crippen LogP contribution in [0.2, 0.25) is 0 Å². The number of carbonyl (C=O) groups excluding carboxylic acids is 1. The Kier molecular flexibility index (Phi) is 8.27. The quantitative estimate of drug-likeness (QED) is 0.103. The zero-order valence-corrected chi connectivity index (χ0v) is 25.4. The molecule has 6 rings (SSSR count). The van der Waals surface area contributed by atoms with Crippen LogP contribution in [-0.4, -0.2) is 40.4 Å². The van der Waals surface area contributed by atoms with E-state index in [1.165, 1.54) is 49.7 Å². The summed E-state index contributed by atoms with van der Waals surface area (Å²) in [6, 6.07) is 21.5. The molecule has 0 bridgehead atoms. The van der Waals surface area contributed by atoms with Crippen LogP contribution < -0.4 is 20.3 Å². The van der Waals surface area contributed by atoms with Crippen molar-refractivity contribution in [3.8, 4) is 23.1 Å². The molecule has 1 amide bonds. The van der Waals surface area contributed by atoms with Gasteiger partial charge in [0.25, 0.3) is 11.5 Å². The molecule has 0 aliphatic carbocycles. The molecule has 6 aromatic rings. The first kappa shape index (κ1) is 30.1. The maximum atomic E-state index is 13.6. The predicted octanol–water partition coefficient (Wildman–Crippen LogP) is 6.53. The first-order valence-corrected chi connectivity index (χ1v) is 14.3. The van der Waals surface area contributed by atoms with Gasteiger partial charge in [-0.15, -0.1) is 0 Å². The number of furan rings is 1. The largest absolute Gasteiger partial charge is 0.496 e. The summed E-state index contributed by atoms with van der Waals surface area (Å²) in [5.41, 5.74) is 0.538. The van der Waals surface area contributed by atoms with Gasteiger partial charge in [0.1, 0.15) is 17.1 Å². The zero-order chi connectivity index (χ0) is 32.4. The van der Waals surface area contributed by atoms with E-state index in [9.17, 15) is 24.1 Å². The first-order valence-electron chi connectivity index (χ1n) is 13.5. The third kappa shape index (κ3) is 6.05. The maximum Gasteiger partial charge on any atom is 0.312 e. The van der Waals surface area contributed by atoms with Gasteiger partial charge in [-0.2, -0.15) is 9.78 Å². The summed E-state index contributed by atoms with van der Waals surface area (Å²) in [4.78, 5) is 41.9. The number of halogens is 2. The van der Waals surface area contributed by atoms with Crippen LogP contribution in [0, 0.1) is 15.9 Å². The molecule has 0 aliphatic rings. The number of nitrogens with zero attached hydrogens (tertiary/aromatic N) is 4. The molecule has 230 valence electrons. The van der Waals surface area contributed by atoms with Gasteiger partial charge in [-0.3, -0.25) is 19.7 Å². The van der Waals surface area contributed by atoms with Gasteiger partial charge in [0.05, 0.1) is 39.0 Å². The third-order valence-electron chi connectivity index (χ3n) is 6.76. The Bertz CT molecular complexity index is 2230. The number of carbonyl (C=O) groups is 1. The van der Waals surface area contributed by atoms with Crippen LogP contribution in [0.5, 0.6) is 11.5 Å². The van der Waals surface area contributed by atoms with Gasteiger partial charge in [-0.25, -0.2) is 9.37 Å². The van der Waals surface area contributed by atoms with Gasteiger partial charge in [-0.05, 0) is 76.6 Å². The highest BCUT2D eigenvalue weighted by atomic mass is 79.9. The molecule has 0 saturated heterocycles. The van der Waals surface area contributed by atoms with E-state index in [2.05, 4.69) is 31.3 Å². The Hall–Kier alpha value is -5.89. The molecule has 0 unspecified atom stereocenters. The van der Waals surface area contributed by atoms with Gasteiger partial charge in [0.15, 0.2) is 12.4 Å². The minimum absolute atomic E-state index is 0.0962. The first-order chi connectivity index (χ1) is 22.2. The molecule has 0 saturated carbocycles. The Balaban J connectivity index is 1.35. The number of fused-ring (bicyclic) bond motifs is 2. The van der Waals surface area contributed by atoms with Crippen molar-refractivity contribution in [2.45, 2.75) is 0 Å². The number of para-hydroxylation sites is 1. The van der Waals surface area contributed by atoms with Crippen LogP contribution in [0.3, 0.4) is 0 Å². The molecular weight excluding hydrogens is 665 g/mol. The molecule has 0 radical (unpaired) electrons. The average Bonchev–Trinajstić information content (AvgIpc) is 3.49. The van der Waals surface area contributed by atoms with Crippen LogP contribution >= 0.6 is 15.9 Å². The molecule has 0 aliphatic heterocycles. The smallest absolute Gasteiger partial charge is 0.312 e. The summed E-state index contributed by atoms with van der Waals surface area (Å²) in [5, 5.41) is 19.8. The average molecular weight is 686 g/mol. The predicted molar refractivity (Wildman–Crippen MR) is 172 cm³/mol. The summed E-state index contributed by atoms with van der Waals surface area (Å²) in [7, 11) is 1.53. The monoisotopic (exact) mass is 685 g/mol. The van der Waals surface area contributed by atoms with Crippen LogP contribution in [0.25, 0.3) is 33.5 Å². The number of benzene rings is 4. The second kappa shape index (κ2) is 12.6. The number of nitro groups is 1. The highest BCUT2D eigenvalue weighted by Gasteiger charge is 2.22. The standard InChI is InChI=1S/C32H21BrFN5O7/c1-44-26-7-4-8-27-22(26)15-28(46-27)31-37-24-6-3-2-5-21(24)32(41)38(31)35-16-18-13-23(33)30(25(14-18)39(42)43)45-17-29(40)36-20-11-9-19(34)10-12-20/h2-16H,17H2,1H3,(H,36,40).